The van der Waals surface area contributed by atoms with Crippen LogP contribution >= 0.6 is 27.3 Å². The molecule has 6 heteroatoms. The molecule has 1 N–H and O–H groups in total. The van der Waals surface area contributed by atoms with E-state index < -0.39 is 0 Å². The molecule has 0 bridgehead atoms. The average molecular weight is 347 g/mol. The Morgan fingerprint density at radius 1 is 1.42 bits per heavy atom. The maximum Gasteiger partial charge on any atom is 0.234 e. The van der Waals surface area contributed by atoms with E-state index >= 15 is 0 Å². The SMILES string of the molecule is CC(C)CNC(=O)CN(C)CC(=O)c1sccc1Br. The van der Waals surface area contributed by atoms with E-state index in [2.05, 4.69) is 21.2 Å². The van der Waals surface area contributed by atoms with Gasteiger partial charge in [-0.1, -0.05) is 13.8 Å². The Labute approximate surface area is 126 Å². The first-order chi connectivity index (χ1) is 8.90. The van der Waals surface area contributed by atoms with Gasteiger partial charge in [-0.3, -0.25) is 14.5 Å². The molecule has 0 fully saturated rings. The predicted molar refractivity (Wildman–Crippen MR) is 81.7 cm³/mol. The summed E-state index contributed by atoms with van der Waals surface area (Å²) in [5.41, 5.74) is 0. The second-order valence-corrected chi connectivity index (χ2v) is 6.66. The Morgan fingerprint density at radius 2 is 2.11 bits per heavy atom. The van der Waals surface area contributed by atoms with Crippen LogP contribution in [0, 0.1) is 5.92 Å². The zero-order valence-electron chi connectivity index (χ0n) is 11.4. The predicted octanol–water partition coefficient (Wildman–Crippen LogP) is 2.40. The molecule has 0 saturated carbocycles. The molecule has 1 aromatic heterocycles. The fraction of sp³-hybridized carbons (Fsp3) is 0.538. The molecule has 0 radical (unpaired) electrons. The number of likely N-dealkylation sites (N-methyl/N-ethyl adjacent to an activating group) is 1. The lowest BCUT2D eigenvalue weighted by molar-refractivity contribution is -0.121. The molecular formula is C13H19BrN2O2S. The molecule has 0 spiro atoms. The van der Waals surface area contributed by atoms with Crippen molar-refractivity contribution < 1.29 is 9.59 Å². The van der Waals surface area contributed by atoms with Gasteiger partial charge in [-0.2, -0.15) is 0 Å². The third kappa shape index (κ3) is 5.84. The minimum absolute atomic E-state index is 0.0287. The van der Waals surface area contributed by atoms with Crippen LogP contribution in [0.2, 0.25) is 0 Å². The maximum absolute atomic E-state index is 12.0. The molecule has 19 heavy (non-hydrogen) atoms. The van der Waals surface area contributed by atoms with E-state index in [-0.39, 0.29) is 24.8 Å². The number of Topliss-reactive ketones (excluding diaryl/α,β-unsaturated/α-hetero) is 1. The summed E-state index contributed by atoms with van der Waals surface area (Å²) < 4.78 is 0.820. The number of nitrogens with one attached hydrogen (secondary N) is 1. The number of hydrogen-bond donors (Lipinski definition) is 1. The van der Waals surface area contributed by atoms with Crippen molar-refractivity contribution in [2.45, 2.75) is 13.8 Å². The summed E-state index contributed by atoms with van der Waals surface area (Å²) in [5.74, 6) is 0.410. The number of amides is 1. The number of carbonyl (C=O) groups excluding carboxylic acids is 2. The van der Waals surface area contributed by atoms with Crippen LogP contribution in [0.3, 0.4) is 0 Å². The Balaban J connectivity index is 2.39. The number of ketones is 1. The first-order valence-corrected chi connectivity index (χ1v) is 7.78. The van der Waals surface area contributed by atoms with E-state index in [0.717, 1.165) is 4.47 Å². The van der Waals surface area contributed by atoms with E-state index in [1.165, 1.54) is 11.3 Å². The molecule has 106 valence electrons. The number of hydrogen-bond acceptors (Lipinski definition) is 4. The highest BCUT2D eigenvalue weighted by Gasteiger charge is 2.15. The largest absolute Gasteiger partial charge is 0.355 e. The van der Waals surface area contributed by atoms with Crippen LogP contribution in [0.15, 0.2) is 15.9 Å². The van der Waals surface area contributed by atoms with Gasteiger partial charge in [0.2, 0.25) is 5.91 Å². The van der Waals surface area contributed by atoms with Crippen LogP contribution in [0.25, 0.3) is 0 Å². The number of thiophene rings is 1. The van der Waals surface area contributed by atoms with Gasteiger partial charge in [0.15, 0.2) is 5.78 Å². The highest BCUT2D eigenvalue weighted by atomic mass is 79.9. The molecular weight excluding hydrogens is 328 g/mol. The molecule has 0 aliphatic carbocycles. The van der Waals surface area contributed by atoms with E-state index in [0.29, 0.717) is 17.3 Å². The third-order valence-electron chi connectivity index (χ3n) is 2.40. The van der Waals surface area contributed by atoms with Crippen molar-refractivity contribution >= 4 is 39.0 Å². The quantitative estimate of drug-likeness (QED) is 0.771. The minimum atomic E-state index is -0.0470. The van der Waals surface area contributed by atoms with Crippen molar-refractivity contribution in [1.29, 1.82) is 0 Å². The Kier molecular flexibility index (Phi) is 6.68. The zero-order chi connectivity index (χ0) is 14.4. The fourth-order valence-electron chi connectivity index (χ4n) is 1.48. The molecule has 1 aromatic rings. The molecule has 0 aromatic carbocycles. The monoisotopic (exact) mass is 346 g/mol. The van der Waals surface area contributed by atoms with E-state index in [9.17, 15) is 9.59 Å². The summed E-state index contributed by atoms with van der Waals surface area (Å²) in [5, 5.41) is 4.70. The molecule has 1 heterocycles. The Bertz CT molecular complexity index is 446. The van der Waals surface area contributed by atoms with Crippen molar-refractivity contribution in [2.75, 3.05) is 26.7 Å². The van der Waals surface area contributed by atoms with Crippen LogP contribution in [0.5, 0.6) is 0 Å². The number of carbonyl (C=O) groups is 2. The number of nitrogens with zero attached hydrogens (tertiary/aromatic N) is 1. The van der Waals surface area contributed by atoms with Gasteiger partial charge in [0.05, 0.1) is 18.0 Å². The second-order valence-electron chi connectivity index (χ2n) is 4.89. The van der Waals surface area contributed by atoms with Gasteiger partial charge in [-0.05, 0) is 40.3 Å². The van der Waals surface area contributed by atoms with Crippen molar-refractivity contribution in [2.24, 2.45) is 5.92 Å². The summed E-state index contributed by atoms with van der Waals surface area (Å²) in [4.78, 5) is 26.0. The van der Waals surface area contributed by atoms with Gasteiger partial charge >= 0.3 is 0 Å². The molecule has 0 saturated heterocycles. The average Bonchev–Trinajstić information content (AvgIpc) is 2.72. The van der Waals surface area contributed by atoms with Gasteiger partial charge < -0.3 is 5.32 Å². The zero-order valence-corrected chi connectivity index (χ0v) is 13.8. The van der Waals surface area contributed by atoms with Crippen LogP contribution in [-0.2, 0) is 4.79 Å². The van der Waals surface area contributed by atoms with Crippen LogP contribution in [0.4, 0.5) is 0 Å². The third-order valence-corrected chi connectivity index (χ3v) is 4.28. The lowest BCUT2D eigenvalue weighted by atomic mass is 10.2. The minimum Gasteiger partial charge on any atom is -0.355 e. The fourth-order valence-corrected chi connectivity index (χ4v) is 3.01. The highest BCUT2D eigenvalue weighted by Crippen LogP contribution is 2.23. The van der Waals surface area contributed by atoms with Crippen molar-refractivity contribution in [3.05, 3.63) is 20.8 Å². The topological polar surface area (TPSA) is 49.4 Å². The molecule has 1 rings (SSSR count). The first-order valence-electron chi connectivity index (χ1n) is 6.11. The van der Waals surface area contributed by atoms with Gasteiger partial charge in [0.1, 0.15) is 0 Å². The molecule has 0 atom stereocenters. The lowest BCUT2D eigenvalue weighted by Gasteiger charge is -2.15. The summed E-state index contributed by atoms with van der Waals surface area (Å²) in [7, 11) is 1.77. The normalized spacial score (nSPS) is 11.1. The van der Waals surface area contributed by atoms with Crippen molar-refractivity contribution in [3.63, 3.8) is 0 Å². The van der Waals surface area contributed by atoms with Crippen LogP contribution in [-0.4, -0.2) is 43.3 Å². The standard InChI is InChI=1S/C13H19BrN2O2S/c1-9(2)6-15-12(18)8-16(3)7-11(17)13-10(14)4-5-19-13/h4-5,9H,6-8H2,1-3H3,(H,15,18). The van der Waals surface area contributed by atoms with Crippen molar-refractivity contribution in [1.82, 2.24) is 10.2 Å². The highest BCUT2D eigenvalue weighted by molar-refractivity contribution is 9.10. The van der Waals surface area contributed by atoms with E-state index in [4.69, 9.17) is 0 Å². The van der Waals surface area contributed by atoms with Crippen LogP contribution in [0.1, 0.15) is 23.5 Å². The summed E-state index contributed by atoms with van der Waals surface area (Å²) in [6.45, 7) is 5.23. The van der Waals surface area contributed by atoms with Crippen molar-refractivity contribution in [3.8, 4) is 0 Å². The Hall–Kier alpha value is -0.720. The van der Waals surface area contributed by atoms with Gasteiger partial charge in [-0.15, -0.1) is 11.3 Å². The second kappa shape index (κ2) is 7.77. The molecule has 0 unspecified atom stereocenters. The summed E-state index contributed by atoms with van der Waals surface area (Å²) in [6, 6.07) is 1.85. The molecule has 0 aliphatic rings. The van der Waals surface area contributed by atoms with E-state index in [1.807, 2.05) is 25.3 Å². The maximum atomic E-state index is 12.0. The van der Waals surface area contributed by atoms with E-state index in [1.54, 1.807) is 11.9 Å². The number of halogens is 1. The lowest BCUT2D eigenvalue weighted by Crippen LogP contribution is -2.38. The molecule has 4 nitrogen and oxygen atoms in total. The first kappa shape index (κ1) is 16.3. The summed E-state index contributed by atoms with van der Waals surface area (Å²) in [6.07, 6.45) is 0. The molecule has 0 aliphatic heterocycles. The van der Waals surface area contributed by atoms with Crippen LogP contribution < -0.4 is 5.32 Å². The smallest absolute Gasteiger partial charge is 0.234 e. The number of rotatable bonds is 7. The van der Waals surface area contributed by atoms with Gasteiger partial charge in [0.25, 0.3) is 0 Å². The van der Waals surface area contributed by atoms with Gasteiger partial charge in [0, 0.05) is 11.0 Å². The van der Waals surface area contributed by atoms with Gasteiger partial charge in [-0.25, -0.2) is 0 Å². The summed E-state index contributed by atoms with van der Waals surface area (Å²) >= 11 is 4.75. The Morgan fingerprint density at radius 3 is 2.63 bits per heavy atom. The molecule has 1 amide bonds.